The van der Waals surface area contributed by atoms with E-state index in [1.807, 2.05) is 13.0 Å². The first-order chi connectivity index (χ1) is 10.1. The van der Waals surface area contributed by atoms with Crippen LogP contribution < -0.4 is 5.32 Å². The molecule has 0 aliphatic heterocycles. The topological polar surface area (TPSA) is 37.8 Å². The summed E-state index contributed by atoms with van der Waals surface area (Å²) in [5, 5.41) is 3.19. The minimum atomic E-state index is -0.930. The molecule has 0 unspecified atom stereocenters. The van der Waals surface area contributed by atoms with Gasteiger partial charge in [0.2, 0.25) is 0 Å². The molecule has 0 aliphatic carbocycles. The predicted molar refractivity (Wildman–Crippen MR) is 83.2 cm³/mol. The fraction of sp³-hybridized carbons (Fsp3) is 0.333. The number of aryl methyl sites for hydroxylation is 1. The molecule has 0 saturated heterocycles. The summed E-state index contributed by atoms with van der Waals surface area (Å²) in [5.41, 5.74) is 1.28. The predicted octanol–water partition coefficient (Wildman–Crippen LogP) is 4.57. The molecule has 0 amide bonds. The van der Waals surface area contributed by atoms with Gasteiger partial charge in [0.05, 0.1) is 4.47 Å². The van der Waals surface area contributed by atoms with Gasteiger partial charge in [-0.1, -0.05) is 13.8 Å². The first-order valence-electron chi connectivity index (χ1n) is 6.82. The minimum absolute atomic E-state index is 0.0391. The van der Waals surface area contributed by atoms with E-state index in [0.29, 0.717) is 17.2 Å². The van der Waals surface area contributed by atoms with Crippen LogP contribution in [0.25, 0.3) is 11.4 Å². The normalized spacial score (nSPS) is 10.7. The van der Waals surface area contributed by atoms with E-state index in [9.17, 15) is 8.78 Å². The standard InChI is InChI=1S/C15H16BrF2N3/c1-3-7-19-12-8-9(4-2)20-15(21-12)10-5-6-11(17)14(18)13(10)16/h5-6,8H,3-4,7H2,1-2H3,(H,19,20,21). The SMILES string of the molecule is CCCNc1cc(CC)nc(-c2ccc(F)c(F)c2Br)n1. The maximum absolute atomic E-state index is 13.7. The van der Waals surface area contributed by atoms with Crippen molar-refractivity contribution in [1.29, 1.82) is 0 Å². The minimum Gasteiger partial charge on any atom is -0.370 e. The van der Waals surface area contributed by atoms with Gasteiger partial charge in [-0.05, 0) is 40.9 Å². The Morgan fingerprint density at radius 3 is 2.62 bits per heavy atom. The molecular formula is C15H16BrF2N3. The Morgan fingerprint density at radius 2 is 1.95 bits per heavy atom. The van der Waals surface area contributed by atoms with Crippen molar-refractivity contribution in [3.63, 3.8) is 0 Å². The number of hydrogen-bond acceptors (Lipinski definition) is 3. The molecular weight excluding hydrogens is 340 g/mol. The van der Waals surface area contributed by atoms with E-state index < -0.39 is 11.6 Å². The Bertz CT molecular complexity index is 647. The number of nitrogens with one attached hydrogen (secondary N) is 1. The van der Waals surface area contributed by atoms with Gasteiger partial charge in [-0.25, -0.2) is 18.7 Å². The second kappa shape index (κ2) is 6.93. The molecule has 1 heterocycles. The van der Waals surface area contributed by atoms with Crippen molar-refractivity contribution in [2.24, 2.45) is 0 Å². The Hall–Kier alpha value is -1.56. The van der Waals surface area contributed by atoms with Crippen LogP contribution in [0.15, 0.2) is 22.7 Å². The zero-order chi connectivity index (χ0) is 15.4. The molecule has 112 valence electrons. The van der Waals surface area contributed by atoms with Crippen LogP contribution in [0.2, 0.25) is 0 Å². The lowest BCUT2D eigenvalue weighted by molar-refractivity contribution is 0.504. The molecule has 1 aromatic heterocycles. The first-order valence-corrected chi connectivity index (χ1v) is 7.61. The maximum Gasteiger partial charge on any atom is 0.173 e. The summed E-state index contributed by atoms with van der Waals surface area (Å²) in [6.07, 6.45) is 1.70. The highest BCUT2D eigenvalue weighted by molar-refractivity contribution is 9.10. The van der Waals surface area contributed by atoms with E-state index in [-0.39, 0.29) is 4.47 Å². The highest BCUT2D eigenvalue weighted by atomic mass is 79.9. The number of rotatable bonds is 5. The van der Waals surface area contributed by atoms with E-state index in [0.717, 1.165) is 31.1 Å². The van der Waals surface area contributed by atoms with E-state index in [1.165, 1.54) is 6.07 Å². The largest absolute Gasteiger partial charge is 0.370 e. The van der Waals surface area contributed by atoms with Gasteiger partial charge in [0.1, 0.15) is 5.82 Å². The molecule has 0 saturated carbocycles. The summed E-state index contributed by atoms with van der Waals surface area (Å²) in [6, 6.07) is 4.42. The number of hydrogen-bond donors (Lipinski definition) is 1. The smallest absolute Gasteiger partial charge is 0.173 e. The van der Waals surface area contributed by atoms with Crippen LogP contribution in [0, 0.1) is 11.6 Å². The molecule has 0 spiro atoms. The first kappa shape index (κ1) is 15.8. The van der Waals surface area contributed by atoms with Crippen LogP contribution in [-0.4, -0.2) is 16.5 Å². The van der Waals surface area contributed by atoms with Crippen LogP contribution >= 0.6 is 15.9 Å². The molecule has 0 bridgehead atoms. The second-order valence-corrected chi connectivity index (χ2v) is 5.36. The van der Waals surface area contributed by atoms with Gasteiger partial charge in [0.15, 0.2) is 17.5 Å². The van der Waals surface area contributed by atoms with Crippen LogP contribution in [-0.2, 0) is 6.42 Å². The zero-order valence-electron chi connectivity index (χ0n) is 11.9. The van der Waals surface area contributed by atoms with Crippen molar-refractivity contribution in [1.82, 2.24) is 9.97 Å². The quantitative estimate of drug-likeness (QED) is 0.798. The Morgan fingerprint density at radius 1 is 1.19 bits per heavy atom. The fourth-order valence-corrected chi connectivity index (χ4v) is 2.34. The lowest BCUT2D eigenvalue weighted by Crippen LogP contribution is -2.06. The van der Waals surface area contributed by atoms with E-state index in [2.05, 4.69) is 38.1 Å². The van der Waals surface area contributed by atoms with Crippen molar-refractivity contribution < 1.29 is 8.78 Å². The zero-order valence-corrected chi connectivity index (χ0v) is 13.5. The molecule has 1 aromatic carbocycles. The van der Waals surface area contributed by atoms with Crippen molar-refractivity contribution in [2.45, 2.75) is 26.7 Å². The number of benzene rings is 1. The van der Waals surface area contributed by atoms with Crippen LogP contribution in [0.3, 0.4) is 0 Å². The van der Waals surface area contributed by atoms with Gasteiger partial charge in [0.25, 0.3) is 0 Å². The molecule has 2 rings (SSSR count). The van der Waals surface area contributed by atoms with Gasteiger partial charge < -0.3 is 5.32 Å². The molecule has 0 atom stereocenters. The monoisotopic (exact) mass is 355 g/mol. The molecule has 2 aromatic rings. The number of halogens is 3. The summed E-state index contributed by atoms with van der Waals surface area (Å²) in [7, 11) is 0. The van der Waals surface area contributed by atoms with E-state index in [1.54, 1.807) is 0 Å². The molecule has 6 heteroatoms. The van der Waals surface area contributed by atoms with Crippen LogP contribution in [0.5, 0.6) is 0 Å². The lowest BCUT2D eigenvalue weighted by Gasteiger charge is -2.10. The summed E-state index contributed by atoms with van der Waals surface area (Å²) in [6.45, 7) is 4.83. The van der Waals surface area contributed by atoms with Gasteiger partial charge in [0, 0.05) is 23.9 Å². The van der Waals surface area contributed by atoms with Gasteiger partial charge in [-0.2, -0.15) is 0 Å². The molecule has 0 aliphatic rings. The van der Waals surface area contributed by atoms with Crippen LogP contribution in [0.1, 0.15) is 26.0 Å². The number of nitrogens with zero attached hydrogens (tertiary/aromatic N) is 2. The number of aromatic nitrogens is 2. The van der Waals surface area contributed by atoms with Crippen molar-refractivity contribution >= 4 is 21.7 Å². The molecule has 0 radical (unpaired) electrons. The third-order valence-corrected chi connectivity index (χ3v) is 3.75. The fourth-order valence-electron chi connectivity index (χ4n) is 1.84. The highest BCUT2D eigenvalue weighted by Crippen LogP contribution is 2.30. The van der Waals surface area contributed by atoms with Gasteiger partial charge >= 0.3 is 0 Å². The molecule has 0 fully saturated rings. The van der Waals surface area contributed by atoms with E-state index >= 15 is 0 Å². The summed E-state index contributed by atoms with van der Waals surface area (Å²) < 4.78 is 26.9. The van der Waals surface area contributed by atoms with Crippen molar-refractivity contribution in [3.05, 3.63) is 40.0 Å². The second-order valence-electron chi connectivity index (χ2n) is 4.57. The maximum atomic E-state index is 13.7. The highest BCUT2D eigenvalue weighted by Gasteiger charge is 2.15. The molecule has 21 heavy (non-hydrogen) atoms. The van der Waals surface area contributed by atoms with Gasteiger partial charge in [-0.3, -0.25) is 0 Å². The Labute approximate surface area is 131 Å². The van der Waals surface area contributed by atoms with Crippen LogP contribution in [0.4, 0.5) is 14.6 Å². The van der Waals surface area contributed by atoms with Crippen molar-refractivity contribution in [3.8, 4) is 11.4 Å². The number of anilines is 1. The average Bonchev–Trinajstić information content (AvgIpc) is 2.50. The molecule has 3 nitrogen and oxygen atoms in total. The lowest BCUT2D eigenvalue weighted by atomic mass is 10.2. The molecule has 1 N–H and O–H groups in total. The Balaban J connectivity index is 2.50. The summed E-state index contributed by atoms with van der Waals surface area (Å²) in [4.78, 5) is 8.77. The summed E-state index contributed by atoms with van der Waals surface area (Å²) in [5.74, 6) is -0.767. The third-order valence-electron chi connectivity index (χ3n) is 2.97. The average molecular weight is 356 g/mol. The Kier molecular flexibility index (Phi) is 5.22. The summed E-state index contributed by atoms with van der Waals surface area (Å²) >= 11 is 3.08. The van der Waals surface area contributed by atoms with Gasteiger partial charge in [-0.15, -0.1) is 0 Å². The van der Waals surface area contributed by atoms with E-state index in [4.69, 9.17) is 0 Å². The third kappa shape index (κ3) is 3.56. The van der Waals surface area contributed by atoms with Crippen molar-refractivity contribution in [2.75, 3.05) is 11.9 Å².